The molecule has 0 aromatic heterocycles. The number of carbonyl (C=O) groups is 1. The van der Waals surface area contributed by atoms with Gasteiger partial charge in [0.2, 0.25) is 0 Å². The summed E-state index contributed by atoms with van der Waals surface area (Å²) in [6.45, 7) is 8.79. The Balaban J connectivity index is 1.52. The van der Waals surface area contributed by atoms with E-state index in [1.165, 1.54) is 7.11 Å². The van der Waals surface area contributed by atoms with Gasteiger partial charge in [-0.05, 0) is 111 Å². The zero-order chi connectivity index (χ0) is 24.1. The molecule has 0 saturated heterocycles. The van der Waals surface area contributed by atoms with Crippen molar-refractivity contribution >= 4 is 5.97 Å². The number of ether oxygens (including phenoxy) is 1. The maximum atomic E-state index is 11.7. The average molecular weight is 463 g/mol. The van der Waals surface area contributed by atoms with Gasteiger partial charge in [-0.25, -0.2) is 4.79 Å². The second kappa shape index (κ2) is 9.28. The lowest BCUT2D eigenvalue weighted by Crippen LogP contribution is -2.62. The highest BCUT2D eigenvalue weighted by atomic mass is 16.5. The Morgan fingerprint density at radius 3 is 2.52 bits per heavy atom. The van der Waals surface area contributed by atoms with Gasteiger partial charge in [0.15, 0.2) is 0 Å². The summed E-state index contributed by atoms with van der Waals surface area (Å²) in [5.74, 6) is 1.91. The molecular weight excluding hydrogens is 416 g/mol. The number of hydrogen-bond donors (Lipinski definition) is 3. The van der Waals surface area contributed by atoms with Crippen LogP contribution < -0.4 is 0 Å². The van der Waals surface area contributed by atoms with E-state index in [0.717, 1.165) is 57.8 Å². The zero-order valence-corrected chi connectivity index (χ0v) is 21.3. The third-order valence-electron chi connectivity index (χ3n) is 11.1. The van der Waals surface area contributed by atoms with Crippen LogP contribution in [0, 0.1) is 46.3 Å². The van der Waals surface area contributed by atoms with Crippen molar-refractivity contribution in [2.75, 3.05) is 7.11 Å². The summed E-state index contributed by atoms with van der Waals surface area (Å²) < 4.78 is 4.80. The molecule has 4 saturated carbocycles. The summed E-state index contributed by atoms with van der Waals surface area (Å²) in [4.78, 5) is 11.7. The smallest absolute Gasteiger partial charge is 0.333 e. The van der Waals surface area contributed by atoms with E-state index in [1.807, 2.05) is 6.08 Å². The van der Waals surface area contributed by atoms with E-state index in [0.29, 0.717) is 35.2 Å². The quantitative estimate of drug-likeness (QED) is 0.414. The van der Waals surface area contributed by atoms with Crippen LogP contribution >= 0.6 is 0 Å². The van der Waals surface area contributed by atoms with Crippen molar-refractivity contribution in [1.82, 2.24) is 0 Å². The Morgan fingerprint density at radius 1 is 1.09 bits per heavy atom. The zero-order valence-electron chi connectivity index (χ0n) is 21.3. The summed E-state index contributed by atoms with van der Waals surface area (Å²) in [5, 5.41) is 33.3. The number of esters is 1. The van der Waals surface area contributed by atoms with Gasteiger partial charge in [-0.1, -0.05) is 26.8 Å². The molecule has 5 heteroatoms. The normalized spacial score (nSPS) is 48.4. The van der Waals surface area contributed by atoms with Gasteiger partial charge < -0.3 is 20.1 Å². The first kappa shape index (κ1) is 25.2. The Bertz CT molecular complexity index is 763. The van der Waals surface area contributed by atoms with Crippen molar-refractivity contribution in [2.24, 2.45) is 46.3 Å². The highest BCUT2D eigenvalue weighted by Gasteiger charge is 2.65. The fraction of sp³-hybridized carbons (Fsp3) is 0.893. The summed E-state index contributed by atoms with van der Waals surface area (Å²) in [7, 11) is 1.41. The van der Waals surface area contributed by atoms with Crippen LogP contribution in [-0.4, -0.2) is 46.7 Å². The number of rotatable bonds is 5. The Labute approximate surface area is 200 Å². The van der Waals surface area contributed by atoms with E-state index in [-0.39, 0.29) is 41.0 Å². The van der Waals surface area contributed by atoms with Crippen LogP contribution in [0.2, 0.25) is 0 Å². The third kappa shape index (κ3) is 4.10. The van der Waals surface area contributed by atoms with E-state index >= 15 is 0 Å². The standard InChI is InChI=1S/C28H46O5/c1-16(7-6-8-17(2)26(32)33-5)20-9-10-21-25-22(15-24(31)28(20,21)4)27(3)12-11-19(29)13-18(27)14-23(25)30/h8,16,18-25,29-31H,6-7,9-15H2,1-5H3. The Hall–Kier alpha value is -0.910. The lowest BCUT2D eigenvalue weighted by Gasteiger charge is -2.63. The van der Waals surface area contributed by atoms with E-state index in [4.69, 9.17) is 4.74 Å². The van der Waals surface area contributed by atoms with Crippen molar-refractivity contribution in [1.29, 1.82) is 0 Å². The Morgan fingerprint density at radius 2 is 1.82 bits per heavy atom. The molecule has 0 spiro atoms. The van der Waals surface area contributed by atoms with Gasteiger partial charge in [0.05, 0.1) is 25.4 Å². The number of carbonyl (C=O) groups excluding carboxylic acids is 1. The molecule has 4 rings (SSSR count). The molecule has 5 nitrogen and oxygen atoms in total. The minimum Gasteiger partial charge on any atom is -0.466 e. The molecule has 33 heavy (non-hydrogen) atoms. The largest absolute Gasteiger partial charge is 0.466 e. The van der Waals surface area contributed by atoms with E-state index in [9.17, 15) is 20.1 Å². The van der Waals surface area contributed by atoms with E-state index in [2.05, 4.69) is 20.8 Å². The predicted octanol–water partition coefficient (Wildman–Crippen LogP) is 4.48. The van der Waals surface area contributed by atoms with Gasteiger partial charge in [0.1, 0.15) is 0 Å². The molecule has 0 radical (unpaired) electrons. The van der Waals surface area contributed by atoms with Crippen molar-refractivity contribution in [2.45, 2.75) is 104 Å². The number of hydrogen-bond acceptors (Lipinski definition) is 5. The maximum absolute atomic E-state index is 11.7. The molecule has 4 aliphatic rings. The number of aliphatic hydroxyl groups excluding tert-OH is 3. The monoisotopic (exact) mass is 462 g/mol. The molecule has 3 N–H and O–H groups in total. The van der Waals surface area contributed by atoms with Crippen LogP contribution in [0.15, 0.2) is 11.6 Å². The third-order valence-corrected chi connectivity index (χ3v) is 11.1. The summed E-state index contributed by atoms with van der Waals surface area (Å²) in [6.07, 6.45) is 9.33. The second-order valence-electron chi connectivity index (χ2n) is 12.5. The molecule has 11 atom stereocenters. The average Bonchev–Trinajstić information content (AvgIpc) is 3.13. The Kier molecular flexibility index (Phi) is 7.08. The fourth-order valence-corrected chi connectivity index (χ4v) is 9.14. The molecule has 4 fully saturated rings. The molecule has 0 heterocycles. The fourth-order valence-electron chi connectivity index (χ4n) is 9.14. The van der Waals surface area contributed by atoms with Gasteiger partial charge in [0, 0.05) is 5.57 Å². The lowest BCUT2D eigenvalue weighted by molar-refractivity contribution is -0.207. The lowest BCUT2D eigenvalue weighted by atomic mass is 9.43. The molecule has 188 valence electrons. The van der Waals surface area contributed by atoms with E-state index < -0.39 is 0 Å². The van der Waals surface area contributed by atoms with Gasteiger partial charge >= 0.3 is 5.97 Å². The number of allylic oxidation sites excluding steroid dienone is 1. The summed E-state index contributed by atoms with van der Waals surface area (Å²) >= 11 is 0. The van der Waals surface area contributed by atoms with Gasteiger partial charge in [-0.2, -0.15) is 0 Å². The van der Waals surface area contributed by atoms with Crippen molar-refractivity contribution < 1.29 is 24.9 Å². The molecule has 0 bridgehead atoms. The van der Waals surface area contributed by atoms with Gasteiger partial charge in [0.25, 0.3) is 0 Å². The first-order valence-electron chi connectivity index (χ1n) is 13.3. The van der Waals surface area contributed by atoms with Crippen molar-refractivity contribution in [3.63, 3.8) is 0 Å². The maximum Gasteiger partial charge on any atom is 0.333 e. The summed E-state index contributed by atoms with van der Waals surface area (Å²) in [6, 6.07) is 0. The first-order chi connectivity index (χ1) is 15.5. The van der Waals surface area contributed by atoms with Crippen LogP contribution in [0.1, 0.15) is 85.5 Å². The minimum atomic E-state index is -0.347. The van der Waals surface area contributed by atoms with Crippen LogP contribution in [0.4, 0.5) is 0 Å². The first-order valence-corrected chi connectivity index (χ1v) is 13.3. The topological polar surface area (TPSA) is 87.0 Å². The van der Waals surface area contributed by atoms with E-state index in [1.54, 1.807) is 6.92 Å². The predicted molar refractivity (Wildman–Crippen MR) is 128 cm³/mol. The van der Waals surface area contributed by atoms with Crippen LogP contribution in [-0.2, 0) is 9.53 Å². The van der Waals surface area contributed by atoms with Gasteiger partial charge in [-0.3, -0.25) is 0 Å². The van der Waals surface area contributed by atoms with Crippen LogP contribution in [0.25, 0.3) is 0 Å². The summed E-state index contributed by atoms with van der Waals surface area (Å²) in [5.41, 5.74) is 0.609. The number of fused-ring (bicyclic) bond motifs is 5. The van der Waals surface area contributed by atoms with Gasteiger partial charge in [-0.15, -0.1) is 0 Å². The molecule has 0 aliphatic heterocycles. The highest BCUT2D eigenvalue weighted by molar-refractivity contribution is 5.87. The van der Waals surface area contributed by atoms with Crippen LogP contribution in [0.5, 0.6) is 0 Å². The van der Waals surface area contributed by atoms with Crippen molar-refractivity contribution in [3.8, 4) is 0 Å². The molecule has 11 unspecified atom stereocenters. The number of aliphatic hydroxyl groups is 3. The SMILES string of the molecule is COC(=O)C(C)=CCCC(C)C1CCC2C3C(O)CC4CC(O)CCC4(C)C3CC(O)C12C. The number of methoxy groups -OCH3 is 1. The molecule has 0 aromatic carbocycles. The highest BCUT2D eigenvalue weighted by Crippen LogP contribution is 2.68. The van der Waals surface area contributed by atoms with Crippen LogP contribution in [0.3, 0.4) is 0 Å². The molecule has 4 aliphatic carbocycles. The molecule has 0 amide bonds. The minimum absolute atomic E-state index is 0.116. The second-order valence-corrected chi connectivity index (χ2v) is 12.5. The molecule has 0 aromatic rings. The molecular formula is C28H46O5. The van der Waals surface area contributed by atoms with Crippen molar-refractivity contribution in [3.05, 3.63) is 11.6 Å².